The number of methoxy groups -OCH3 is 1. The Morgan fingerprint density at radius 1 is 0.967 bits per heavy atom. The second kappa shape index (κ2) is 10.3. The average Bonchev–Trinajstić information content (AvgIpc) is 2.78. The van der Waals surface area contributed by atoms with Gasteiger partial charge in [0.1, 0.15) is 6.04 Å². The quantitative estimate of drug-likeness (QED) is 0.579. The van der Waals surface area contributed by atoms with Crippen molar-refractivity contribution >= 4 is 11.9 Å². The number of rotatable bonds is 8. The Morgan fingerprint density at radius 3 is 2.03 bits per heavy atom. The number of esters is 1. The summed E-state index contributed by atoms with van der Waals surface area (Å²) in [5, 5.41) is 2.66. The third kappa shape index (κ3) is 5.73. The third-order valence-corrected chi connectivity index (χ3v) is 4.74. The molecule has 6 nitrogen and oxygen atoms in total. The van der Waals surface area contributed by atoms with Crippen molar-refractivity contribution in [3.63, 3.8) is 0 Å². The van der Waals surface area contributed by atoms with Crippen LogP contribution in [0.3, 0.4) is 0 Å². The van der Waals surface area contributed by atoms with E-state index in [9.17, 15) is 9.59 Å². The number of carbonyl (C=O) groups is 2. The lowest BCUT2D eigenvalue weighted by Crippen LogP contribution is -2.40. The molecule has 1 amide bonds. The van der Waals surface area contributed by atoms with E-state index in [1.807, 2.05) is 36.4 Å². The predicted molar refractivity (Wildman–Crippen MR) is 115 cm³/mol. The van der Waals surface area contributed by atoms with Crippen LogP contribution in [-0.4, -0.2) is 35.0 Å². The van der Waals surface area contributed by atoms with E-state index in [4.69, 9.17) is 4.74 Å². The summed E-state index contributed by atoms with van der Waals surface area (Å²) >= 11 is 0. The van der Waals surface area contributed by atoms with Gasteiger partial charge in [-0.2, -0.15) is 0 Å². The maximum absolute atomic E-state index is 11.9. The average molecular weight is 403 g/mol. The van der Waals surface area contributed by atoms with Crippen LogP contribution in [0.25, 0.3) is 22.5 Å². The summed E-state index contributed by atoms with van der Waals surface area (Å²) in [5.41, 5.74) is 4.93. The van der Waals surface area contributed by atoms with Gasteiger partial charge in [0.2, 0.25) is 5.91 Å². The molecule has 0 bridgehead atoms. The first kappa shape index (κ1) is 21.2. The van der Waals surface area contributed by atoms with E-state index in [0.29, 0.717) is 12.8 Å². The zero-order valence-corrected chi connectivity index (χ0v) is 17.2. The maximum atomic E-state index is 11.9. The van der Waals surface area contributed by atoms with Gasteiger partial charge in [0.15, 0.2) is 0 Å². The molecule has 0 aliphatic carbocycles. The predicted octanol–water partition coefficient (Wildman–Crippen LogP) is 3.81. The number of amides is 1. The SMILES string of the molecule is COC(=O)[C@H](CCCc1cc(-c2ccccn2)cc(-c2ccccn2)c1)NC(C)=O. The Hall–Kier alpha value is -3.54. The molecule has 0 saturated heterocycles. The summed E-state index contributed by atoms with van der Waals surface area (Å²) in [6.45, 7) is 1.39. The van der Waals surface area contributed by atoms with Crippen molar-refractivity contribution in [2.45, 2.75) is 32.2 Å². The summed E-state index contributed by atoms with van der Waals surface area (Å²) in [6, 6.07) is 17.3. The van der Waals surface area contributed by atoms with Crippen molar-refractivity contribution < 1.29 is 14.3 Å². The molecule has 6 heteroatoms. The topological polar surface area (TPSA) is 81.2 Å². The van der Waals surface area contributed by atoms with Crippen LogP contribution in [0.4, 0.5) is 0 Å². The lowest BCUT2D eigenvalue weighted by Gasteiger charge is -2.15. The van der Waals surface area contributed by atoms with Gasteiger partial charge in [-0.25, -0.2) is 4.79 Å². The van der Waals surface area contributed by atoms with Crippen LogP contribution >= 0.6 is 0 Å². The van der Waals surface area contributed by atoms with E-state index < -0.39 is 12.0 Å². The van der Waals surface area contributed by atoms with Crippen LogP contribution < -0.4 is 5.32 Å². The van der Waals surface area contributed by atoms with Crippen molar-refractivity contribution in [2.75, 3.05) is 7.11 Å². The van der Waals surface area contributed by atoms with Gasteiger partial charge in [-0.3, -0.25) is 14.8 Å². The molecule has 3 rings (SSSR count). The van der Waals surface area contributed by atoms with Gasteiger partial charge in [-0.1, -0.05) is 12.1 Å². The number of hydrogen-bond donors (Lipinski definition) is 1. The highest BCUT2D eigenvalue weighted by molar-refractivity contribution is 5.83. The number of carbonyl (C=O) groups excluding carboxylic acids is 2. The molecule has 2 heterocycles. The standard InChI is InChI=1S/C24H25N3O3/c1-17(28)27-23(24(29)30-2)11-7-8-18-14-19(21-9-3-5-12-25-21)16-20(15-18)22-10-4-6-13-26-22/h3-6,9-10,12-16,23H,7-8,11H2,1-2H3,(H,27,28)/t23-/m0/s1. The molecule has 0 radical (unpaired) electrons. The van der Waals surface area contributed by atoms with Crippen LogP contribution in [0.15, 0.2) is 67.0 Å². The molecule has 0 saturated carbocycles. The third-order valence-electron chi connectivity index (χ3n) is 4.74. The van der Waals surface area contributed by atoms with Crippen molar-refractivity contribution in [3.05, 3.63) is 72.6 Å². The fourth-order valence-corrected chi connectivity index (χ4v) is 3.35. The van der Waals surface area contributed by atoms with Crippen molar-refractivity contribution in [1.29, 1.82) is 0 Å². The van der Waals surface area contributed by atoms with E-state index >= 15 is 0 Å². The fraction of sp³-hybridized carbons (Fsp3) is 0.250. The first-order valence-electron chi connectivity index (χ1n) is 9.88. The monoisotopic (exact) mass is 403 g/mol. The first-order chi connectivity index (χ1) is 14.6. The smallest absolute Gasteiger partial charge is 0.328 e. The molecule has 1 atom stereocenters. The minimum Gasteiger partial charge on any atom is -0.467 e. The number of pyridine rings is 2. The molecule has 1 N–H and O–H groups in total. The van der Waals surface area contributed by atoms with Gasteiger partial charge < -0.3 is 10.1 Å². The van der Waals surface area contributed by atoms with Gasteiger partial charge in [0, 0.05) is 30.4 Å². The lowest BCUT2D eigenvalue weighted by molar-refractivity contribution is -0.145. The Morgan fingerprint density at radius 2 is 1.57 bits per heavy atom. The van der Waals surface area contributed by atoms with Gasteiger partial charge in [-0.15, -0.1) is 0 Å². The van der Waals surface area contributed by atoms with Crippen LogP contribution in [0.5, 0.6) is 0 Å². The number of aryl methyl sites for hydroxylation is 1. The largest absolute Gasteiger partial charge is 0.467 e. The summed E-state index contributed by atoms with van der Waals surface area (Å²) in [4.78, 5) is 32.2. The first-order valence-corrected chi connectivity index (χ1v) is 9.88. The minimum atomic E-state index is -0.637. The highest BCUT2D eigenvalue weighted by Gasteiger charge is 2.19. The number of aromatic nitrogens is 2. The number of ether oxygens (including phenoxy) is 1. The maximum Gasteiger partial charge on any atom is 0.328 e. The van der Waals surface area contributed by atoms with Crippen LogP contribution in [0.2, 0.25) is 0 Å². The van der Waals surface area contributed by atoms with Crippen molar-refractivity contribution in [3.8, 4) is 22.5 Å². The molecular weight excluding hydrogens is 378 g/mol. The molecule has 154 valence electrons. The summed E-state index contributed by atoms with van der Waals surface area (Å²) in [5.74, 6) is -0.679. The van der Waals surface area contributed by atoms with Crippen molar-refractivity contribution in [1.82, 2.24) is 15.3 Å². The summed E-state index contributed by atoms with van der Waals surface area (Å²) in [7, 11) is 1.33. The van der Waals surface area contributed by atoms with Crippen LogP contribution in [0.1, 0.15) is 25.3 Å². The number of nitrogens with zero attached hydrogens (tertiary/aromatic N) is 2. The Bertz CT molecular complexity index is 933. The second-order valence-electron chi connectivity index (χ2n) is 7.02. The molecule has 0 unspecified atom stereocenters. The Labute approximate surface area is 176 Å². The minimum absolute atomic E-state index is 0.250. The van der Waals surface area contributed by atoms with E-state index in [0.717, 1.165) is 34.5 Å². The van der Waals surface area contributed by atoms with Crippen LogP contribution in [0, 0.1) is 0 Å². The normalized spacial score (nSPS) is 11.5. The van der Waals surface area contributed by atoms with Gasteiger partial charge >= 0.3 is 5.97 Å². The summed E-state index contributed by atoms with van der Waals surface area (Å²) < 4.78 is 4.80. The lowest BCUT2D eigenvalue weighted by atomic mass is 9.97. The van der Waals surface area contributed by atoms with Crippen molar-refractivity contribution in [2.24, 2.45) is 0 Å². The van der Waals surface area contributed by atoms with Gasteiger partial charge in [0.05, 0.1) is 18.5 Å². The Kier molecular flexibility index (Phi) is 7.27. The highest BCUT2D eigenvalue weighted by Crippen LogP contribution is 2.27. The van der Waals surface area contributed by atoms with Gasteiger partial charge in [0.25, 0.3) is 0 Å². The highest BCUT2D eigenvalue weighted by atomic mass is 16.5. The number of benzene rings is 1. The second-order valence-corrected chi connectivity index (χ2v) is 7.02. The van der Waals surface area contributed by atoms with E-state index in [2.05, 4.69) is 33.5 Å². The van der Waals surface area contributed by atoms with Gasteiger partial charge in [-0.05, 0) is 67.3 Å². The molecule has 30 heavy (non-hydrogen) atoms. The molecule has 2 aromatic heterocycles. The van der Waals surface area contributed by atoms with E-state index in [1.54, 1.807) is 12.4 Å². The van der Waals surface area contributed by atoms with Crippen LogP contribution in [-0.2, 0) is 20.7 Å². The molecule has 0 aliphatic rings. The molecule has 0 fully saturated rings. The number of hydrogen-bond acceptors (Lipinski definition) is 5. The number of nitrogens with one attached hydrogen (secondary N) is 1. The summed E-state index contributed by atoms with van der Waals surface area (Å²) in [6.07, 6.45) is 5.51. The molecular formula is C24H25N3O3. The molecule has 0 aliphatic heterocycles. The molecule has 1 aromatic carbocycles. The fourth-order valence-electron chi connectivity index (χ4n) is 3.35. The molecule has 3 aromatic rings. The van der Waals surface area contributed by atoms with E-state index in [-0.39, 0.29) is 5.91 Å². The Balaban J connectivity index is 1.83. The molecule has 0 spiro atoms. The zero-order valence-electron chi connectivity index (χ0n) is 17.2. The zero-order chi connectivity index (χ0) is 21.3. The van der Waals surface area contributed by atoms with E-state index in [1.165, 1.54) is 14.0 Å².